The number of nitrogens with zero attached hydrogens (tertiary/aromatic N) is 2. The molecule has 0 aliphatic carbocycles. The number of benzene rings is 1. The lowest BCUT2D eigenvalue weighted by molar-refractivity contribution is 0.296. The second-order valence-corrected chi connectivity index (χ2v) is 6.98. The highest BCUT2D eigenvalue weighted by Crippen LogP contribution is 2.22. The van der Waals surface area contributed by atoms with Crippen LogP contribution < -0.4 is 4.74 Å². The smallest absolute Gasteiger partial charge is 0.248 e. The fourth-order valence-electron chi connectivity index (χ4n) is 2.11. The predicted molar refractivity (Wildman–Crippen MR) is 82.3 cm³/mol. The van der Waals surface area contributed by atoms with Gasteiger partial charge in [-0.25, -0.2) is 12.7 Å². The van der Waals surface area contributed by atoms with Crippen molar-refractivity contribution in [2.75, 3.05) is 20.2 Å². The molecule has 22 heavy (non-hydrogen) atoms. The normalized spacial score (nSPS) is 11.8. The van der Waals surface area contributed by atoms with Gasteiger partial charge >= 0.3 is 0 Å². The van der Waals surface area contributed by atoms with Crippen LogP contribution in [0.15, 0.2) is 39.8 Å². The van der Waals surface area contributed by atoms with E-state index < -0.39 is 10.0 Å². The van der Waals surface area contributed by atoms with Gasteiger partial charge in [-0.05, 0) is 32.4 Å². The molecule has 0 aliphatic rings. The van der Waals surface area contributed by atoms with E-state index in [1.165, 1.54) is 4.31 Å². The van der Waals surface area contributed by atoms with Crippen LogP contribution in [0.4, 0.5) is 0 Å². The molecule has 1 aromatic heterocycles. The van der Waals surface area contributed by atoms with E-state index >= 15 is 0 Å². The van der Waals surface area contributed by atoms with Gasteiger partial charge in [0.15, 0.2) is 5.76 Å². The molecule has 0 fully saturated rings. The highest BCUT2D eigenvalue weighted by Gasteiger charge is 2.28. The van der Waals surface area contributed by atoms with E-state index in [-0.39, 0.29) is 4.90 Å². The molecule has 7 heteroatoms. The van der Waals surface area contributed by atoms with Gasteiger partial charge in [0.1, 0.15) is 16.3 Å². The Balaban J connectivity index is 1.90. The summed E-state index contributed by atoms with van der Waals surface area (Å²) in [5.41, 5.74) is 0.380. The van der Waals surface area contributed by atoms with Crippen LogP contribution in [0.3, 0.4) is 0 Å². The van der Waals surface area contributed by atoms with Gasteiger partial charge in [0.25, 0.3) is 0 Å². The van der Waals surface area contributed by atoms with Crippen LogP contribution in [0.1, 0.15) is 17.9 Å². The molecule has 2 aromatic rings. The van der Waals surface area contributed by atoms with E-state index in [1.54, 1.807) is 20.9 Å². The van der Waals surface area contributed by atoms with Crippen molar-refractivity contribution >= 4 is 10.0 Å². The molecule has 0 radical (unpaired) electrons. The number of para-hydroxylation sites is 1. The molecule has 0 atom stereocenters. The first kappa shape index (κ1) is 16.5. The Labute approximate surface area is 130 Å². The van der Waals surface area contributed by atoms with Crippen molar-refractivity contribution in [3.63, 3.8) is 0 Å². The van der Waals surface area contributed by atoms with Crippen molar-refractivity contribution in [2.24, 2.45) is 0 Å². The van der Waals surface area contributed by atoms with Gasteiger partial charge in [-0.1, -0.05) is 23.4 Å². The Bertz CT molecular complexity index is 691. The standard InChI is InChI=1S/C15H20N2O4S/c1-12-15(13(2)21-16-12)22(18,19)17(3)10-7-11-20-14-8-5-4-6-9-14/h4-6,8-9H,7,10-11H2,1-3H3. The molecule has 0 amide bonds. The molecule has 2 rings (SSSR count). The molecule has 0 unspecified atom stereocenters. The van der Waals surface area contributed by atoms with Gasteiger partial charge in [0.2, 0.25) is 10.0 Å². The molecule has 0 saturated heterocycles. The van der Waals surface area contributed by atoms with Crippen molar-refractivity contribution in [1.82, 2.24) is 9.46 Å². The second kappa shape index (κ2) is 6.93. The van der Waals surface area contributed by atoms with Crippen LogP contribution in [0.2, 0.25) is 0 Å². The number of hydrogen-bond acceptors (Lipinski definition) is 5. The predicted octanol–water partition coefficient (Wildman–Crippen LogP) is 2.38. The summed E-state index contributed by atoms with van der Waals surface area (Å²) in [6, 6.07) is 9.43. The van der Waals surface area contributed by atoms with Crippen molar-refractivity contribution in [3.8, 4) is 5.75 Å². The van der Waals surface area contributed by atoms with Crippen LogP contribution in [-0.2, 0) is 10.0 Å². The number of ether oxygens (including phenoxy) is 1. The Morgan fingerprint density at radius 2 is 1.91 bits per heavy atom. The number of rotatable bonds is 7. The summed E-state index contributed by atoms with van der Waals surface area (Å²) >= 11 is 0. The Hall–Kier alpha value is -1.86. The summed E-state index contributed by atoms with van der Waals surface area (Å²) in [6.45, 7) is 4.03. The first-order valence-electron chi connectivity index (χ1n) is 7.00. The van der Waals surface area contributed by atoms with Crippen molar-refractivity contribution in [1.29, 1.82) is 0 Å². The molecule has 0 bridgehead atoms. The average Bonchev–Trinajstić information content (AvgIpc) is 2.84. The van der Waals surface area contributed by atoms with Gasteiger partial charge in [0.05, 0.1) is 6.61 Å². The Morgan fingerprint density at radius 3 is 2.50 bits per heavy atom. The second-order valence-electron chi connectivity index (χ2n) is 4.99. The van der Waals surface area contributed by atoms with Gasteiger partial charge < -0.3 is 9.26 Å². The highest BCUT2D eigenvalue weighted by atomic mass is 32.2. The van der Waals surface area contributed by atoms with Crippen LogP contribution in [0.25, 0.3) is 0 Å². The monoisotopic (exact) mass is 324 g/mol. The summed E-state index contributed by atoms with van der Waals surface area (Å²) in [5.74, 6) is 1.09. The third kappa shape index (κ3) is 3.66. The molecule has 120 valence electrons. The lowest BCUT2D eigenvalue weighted by atomic mass is 10.3. The summed E-state index contributed by atoms with van der Waals surface area (Å²) in [7, 11) is -2.04. The first-order valence-corrected chi connectivity index (χ1v) is 8.44. The van der Waals surface area contributed by atoms with Gasteiger partial charge in [-0.2, -0.15) is 0 Å². The summed E-state index contributed by atoms with van der Waals surface area (Å²) < 4.78 is 36.8. The summed E-state index contributed by atoms with van der Waals surface area (Å²) in [4.78, 5) is 0.152. The molecule has 6 nitrogen and oxygen atoms in total. The maximum absolute atomic E-state index is 12.5. The lowest BCUT2D eigenvalue weighted by Crippen LogP contribution is -2.29. The molecule has 0 saturated carbocycles. The van der Waals surface area contributed by atoms with Crippen LogP contribution in [-0.4, -0.2) is 38.1 Å². The SMILES string of the molecule is Cc1noc(C)c1S(=O)(=O)N(C)CCCOc1ccccc1. The fourth-order valence-corrected chi connectivity index (χ4v) is 3.61. The first-order chi connectivity index (χ1) is 10.4. The number of sulfonamides is 1. The third-order valence-electron chi connectivity index (χ3n) is 3.27. The maximum atomic E-state index is 12.5. The molecule has 0 spiro atoms. The van der Waals surface area contributed by atoms with E-state index in [2.05, 4.69) is 5.16 Å². The zero-order chi connectivity index (χ0) is 16.2. The minimum Gasteiger partial charge on any atom is -0.494 e. The minimum atomic E-state index is -3.58. The minimum absolute atomic E-state index is 0.152. The van der Waals surface area contributed by atoms with E-state index in [1.807, 2.05) is 30.3 Å². The number of aromatic nitrogens is 1. The topological polar surface area (TPSA) is 72.6 Å². The van der Waals surface area contributed by atoms with E-state index in [0.717, 1.165) is 5.75 Å². The molecular formula is C15H20N2O4S. The average molecular weight is 324 g/mol. The Morgan fingerprint density at radius 1 is 1.23 bits per heavy atom. The number of hydrogen-bond donors (Lipinski definition) is 0. The largest absolute Gasteiger partial charge is 0.494 e. The zero-order valence-corrected chi connectivity index (χ0v) is 13.8. The molecule has 0 aliphatic heterocycles. The molecule has 0 N–H and O–H groups in total. The number of aryl methyl sites for hydroxylation is 2. The van der Waals surface area contributed by atoms with Crippen LogP contribution in [0, 0.1) is 13.8 Å². The van der Waals surface area contributed by atoms with Crippen molar-refractivity contribution in [3.05, 3.63) is 41.8 Å². The maximum Gasteiger partial charge on any atom is 0.248 e. The molecule has 1 heterocycles. The zero-order valence-electron chi connectivity index (χ0n) is 12.9. The Kier molecular flexibility index (Phi) is 5.20. The van der Waals surface area contributed by atoms with Crippen LogP contribution in [0.5, 0.6) is 5.75 Å². The lowest BCUT2D eigenvalue weighted by Gasteiger charge is -2.17. The third-order valence-corrected chi connectivity index (χ3v) is 5.37. The van der Waals surface area contributed by atoms with E-state index in [0.29, 0.717) is 31.0 Å². The molecular weight excluding hydrogens is 304 g/mol. The fraction of sp³-hybridized carbons (Fsp3) is 0.400. The highest BCUT2D eigenvalue weighted by molar-refractivity contribution is 7.89. The molecule has 1 aromatic carbocycles. The van der Waals surface area contributed by atoms with Crippen molar-refractivity contribution in [2.45, 2.75) is 25.2 Å². The van der Waals surface area contributed by atoms with E-state index in [4.69, 9.17) is 9.26 Å². The van der Waals surface area contributed by atoms with Gasteiger partial charge in [-0.15, -0.1) is 0 Å². The summed E-state index contributed by atoms with van der Waals surface area (Å²) in [6.07, 6.45) is 0.591. The van der Waals surface area contributed by atoms with Crippen LogP contribution >= 0.6 is 0 Å². The van der Waals surface area contributed by atoms with Gasteiger partial charge in [-0.3, -0.25) is 0 Å². The van der Waals surface area contributed by atoms with Crippen molar-refractivity contribution < 1.29 is 17.7 Å². The van der Waals surface area contributed by atoms with E-state index in [9.17, 15) is 8.42 Å². The summed E-state index contributed by atoms with van der Waals surface area (Å²) in [5, 5.41) is 3.70. The van der Waals surface area contributed by atoms with Gasteiger partial charge in [0, 0.05) is 13.6 Å². The quantitative estimate of drug-likeness (QED) is 0.731.